The summed E-state index contributed by atoms with van der Waals surface area (Å²) >= 11 is 1.23. The van der Waals surface area contributed by atoms with Crippen molar-refractivity contribution in [2.45, 2.75) is 12.8 Å². The van der Waals surface area contributed by atoms with Gasteiger partial charge in [-0.3, -0.25) is 4.79 Å². The topological polar surface area (TPSA) is 53.8 Å². The number of nitrogens with zero attached hydrogens (tertiary/aromatic N) is 2. The van der Waals surface area contributed by atoms with E-state index in [9.17, 15) is 9.18 Å². The highest BCUT2D eigenvalue weighted by atomic mass is 32.1. The Morgan fingerprint density at radius 3 is 2.78 bits per heavy atom. The third kappa shape index (κ3) is 2.29. The van der Waals surface area contributed by atoms with Gasteiger partial charge in [0.15, 0.2) is 11.7 Å². The number of benzene rings is 1. The van der Waals surface area contributed by atoms with E-state index >= 15 is 0 Å². The maximum atomic E-state index is 13.5. The Balaban J connectivity index is 2.38. The fourth-order valence-corrected chi connectivity index (χ4v) is 2.38. The molecule has 0 amide bonds. The Morgan fingerprint density at radius 1 is 1.50 bits per heavy atom. The predicted octanol–water partition coefficient (Wildman–Crippen LogP) is 3.08. The Kier molecular flexibility index (Phi) is 3.49. The monoisotopic (exact) mass is 260 g/mol. The molecule has 1 heterocycles. The number of Topliss-reactive ketones (excluding diaryl/α,β-unsaturated/α-hetero) is 1. The summed E-state index contributed by atoms with van der Waals surface area (Å²) in [6.07, 6.45) is 0. The number of carbonyl (C=O) groups excluding carboxylic acids is 1. The number of ketones is 1. The van der Waals surface area contributed by atoms with E-state index in [1.54, 1.807) is 18.4 Å². The summed E-state index contributed by atoms with van der Waals surface area (Å²) in [6.45, 7) is 1.78. The van der Waals surface area contributed by atoms with Gasteiger partial charge >= 0.3 is 0 Å². The summed E-state index contributed by atoms with van der Waals surface area (Å²) in [5.41, 5.74) is 0.675. The van der Waals surface area contributed by atoms with E-state index in [-0.39, 0.29) is 5.56 Å². The van der Waals surface area contributed by atoms with Crippen molar-refractivity contribution in [3.8, 4) is 6.07 Å². The van der Waals surface area contributed by atoms with E-state index in [1.165, 1.54) is 29.5 Å². The molecule has 1 atom stereocenters. The van der Waals surface area contributed by atoms with E-state index < -0.39 is 17.5 Å². The third-order valence-electron chi connectivity index (χ3n) is 2.41. The van der Waals surface area contributed by atoms with Gasteiger partial charge in [0.1, 0.15) is 10.8 Å². The van der Waals surface area contributed by atoms with Crippen LogP contribution in [0.15, 0.2) is 29.6 Å². The Bertz CT molecular complexity index is 630. The van der Waals surface area contributed by atoms with Gasteiger partial charge in [-0.25, -0.2) is 9.37 Å². The standard InChI is InChI=1S/C13H9FN2OS/c1-8-7-18-13(16-8)10(6-15)12(17)9-4-2-3-5-11(9)14/h2-5,7,10H,1H3/t10-/m0/s1. The van der Waals surface area contributed by atoms with Crippen LogP contribution in [0, 0.1) is 24.1 Å². The zero-order valence-corrected chi connectivity index (χ0v) is 10.4. The van der Waals surface area contributed by atoms with Crippen LogP contribution in [0.2, 0.25) is 0 Å². The van der Waals surface area contributed by atoms with Crippen molar-refractivity contribution in [1.82, 2.24) is 4.98 Å². The average molecular weight is 260 g/mol. The first-order valence-corrected chi connectivity index (χ1v) is 6.12. The second kappa shape index (κ2) is 5.07. The Hall–Kier alpha value is -2.06. The van der Waals surface area contributed by atoms with Crippen molar-refractivity contribution in [1.29, 1.82) is 5.26 Å². The number of aryl methyl sites for hydroxylation is 1. The van der Waals surface area contributed by atoms with Crippen LogP contribution in [0.3, 0.4) is 0 Å². The van der Waals surface area contributed by atoms with E-state index in [2.05, 4.69) is 4.98 Å². The number of aromatic nitrogens is 1. The molecule has 0 aliphatic carbocycles. The number of nitriles is 1. The van der Waals surface area contributed by atoms with Crippen LogP contribution in [-0.4, -0.2) is 10.8 Å². The second-order valence-corrected chi connectivity index (χ2v) is 4.62. The molecule has 0 radical (unpaired) electrons. The molecule has 90 valence electrons. The summed E-state index contributed by atoms with van der Waals surface area (Å²) in [5.74, 6) is -2.21. The molecule has 2 aromatic rings. The first-order chi connectivity index (χ1) is 8.63. The summed E-state index contributed by atoms with van der Waals surface area (Å²) in [6, 6.07) is 7.54. The van der Waals surface area contributed by atoms with Gasteiger partial charge in [-0.05, 0) is 19.1 Å². The number of halogens is 1. The minimum Gasteiger partial charge on any atom is -0.292 e. The Labute approximate surface area is 108 Å². The minimum atomic E-state index is -1.04. The quantitative estimate of drug-likeness (QED) is 0.797. The molecule has 0 aliphatic rings. The van der Waals surface area contributed by atoms with Crippen LogP contribution in [0.25, 0.3) is 0 Å². The third-order valence-corrected chi connectivity index (χ3v) is 3.44. The SMILES string of the molecule is Cc1csc([C@@H](C#N)C(=O)c2ccccc2F)n1. The summed E-state index contributed by atoms with van der Waals surface area (Å²) in [4.78, 5) is 16.2. The molecule has 0 aliphatic heterocycles. The lowest BCUT2D eigenvalue weighted by Gasteiger charge is -2.05. The van der Waals surface area contributed by atoms with Gasteiger partial charge in [-0.1, -0.05) is 12.1 Å². The van der Waals surface area contributed by atoms with Crippen molar-refractivity contribution >= 4 is 17.1 Å². The van der Waals surface area contributed by atoms with Crippen molar-refractivity contribution in [2.75, 3.05) is 0 Å². The molecule has 5 heteroatoms. The maximum absolute atomic E-state index is 13.5. The molecule has 0 saturated carbocycles. The van der Waals surface area contributed by atoms with Gasteiger partial charge < -0.3 is 0 Å². The molecule has 1 aromatic carbocycles. The summed E-state index contributed by atoms with van der Waals surface area (Å²) in [7, 11) is 0. The average Bonchev–Trinajstić information content (AvgIpc) is 2.77. The van der Waals surface area contributed by atoms with E-state index in [4.69, 9.17) is 5.26 Å². The molecule has 0 fully saturated rings. The van der Waals surface area contributed by atoms with Gasteiger partial charge in [0.2, 0.25) is 0 Å². The number of carbonyl (C=O) groups is 1. The lowest BCUT2D eigenvalue weighted by atomic mass is 9.99. The largest absolute Gasteiger partial charge is 0.292 e. The molecule has 1 aromatic heterocycles. The number of hydrogen-bond donors (Lipinski definition) is 0. The first kappa shape index (κ1) is 12.4. The molecule has 0 bridgehead atoms. The second-order valence-electron chi connectivity index (χ2n) is 3.73. The summed E-state index contributed by atoms with van der Waals surface area (Å²) < 4.78 is 13.5. The van der Waals surface area contributed by atoms with Crippen LogP contribution >= 0.6 is 11.3 Å². The van der Waals surface area contributed by atoms with Gasteiger partial charge in [-0.2, -0.15) is 5.26 Å². The minimum absolute atomic E-state index is 0.0723. The number of hydrogen-bond acceptors (Lipinski definition) is 4. The van der Waals surface area contributed by atoms with Crippen LogP contribution in [0.5, 0.6) is 0 Å². The first-order valence-electron chi connectivity index (χ1n) is 5.24. The fraction of sp³-hybridized carbons (Fsp3) is 0.154. The molecule has 0 unspecified atom stereocenters. The van der Waals surface area contributed by atoms with Crippen LogP contribution in [-0.2, 0) is 0 Å². The molecule has 0 saturated heterocycles. The predicted molar refractivity (Wildman–Crippen MR) is 65.9 cm³/mol. The van der Waals surface area contributed by atoms with Gasteiger partial charge in [0.25, 0.3) is 0 Å². The normalized spacial score (nSPS) is 11.8. The lowest BCUT2D eigenvalue weighted by Crippen LogP contribution is -2.12. The zero-order chi connectivity index (χ0) is 13.1. The number of thiazole rings is 1. The van der Waals surface area contributed by atoms with Crippen molar-refractivity contribution in [2.24, 2.45) is 0 Å². The van der Waals surface area contributed by atoms with Crippen LogP contribution in [0.4, 0.5) is 4.39 Å². The maximum Gasteiger partial charge on any atom is 0.189 e. The summed E-state index contributed by atoms with van der Waals surface area (Å²) in [5, 5.41) is 11.2. The van der Waals surface area contributed by atoms with Gasteiger partial charge in [-0.15, -0.1) is 11.3 Å². The van der Waals surface area contributed by atoms with Gasteiger partial charge in [0.05, 0.1) is 11.6 Å². The highest BCUT2D eigenvalue weighted by molar-refractivity contribution is 7.10. The van der Waals surface area contributed by atoms with Crippen LogP contribution < -0.4 is 0 Å². The molecule has 2 rings (SSSR count). The smallest absolute Gasteiger partial charge is 0.189 e. The van der Waals surface area contributed by atoms with E-state index in [0.29, 0.717) is 5.01 Å². The van der Waals surface area contributed by atoms with Crippen molar-refractivity contribution in [3.05, 3.63) is 51.7 Å². The zero-order valence-electron chi connectivity index (χ0n) is 9.55. The van der Waals surface area contributed by atoms with Crippen LogP contribution in [0.1, 0.15) is 27.0 Å². The molecule has 18 heavy (non-hydrogen) atoms. The molecule has 0 N–H and O–H groups in total. The lowest BCUT2D eigenvalue weighted by molar-refractivity contribution is 0.0975. The molecule has 0 spiro atoms. The molecular weight excluding hydrogens is 251 g/mol. The van der Waals surface area contributed by atoms with E-state index in [1.807, 2.05) is 6.07 Å². The van der Waals surface area contributed by atoms with Crippen molar-refractivity contribution < 1.29 is 9.18 Å². The fourth-order valence-electron chi connectivity index (χ4n) is 1.55. The van der Waals surface area contributed by atoms with Crippen molar-refractivity contribution in [3.63, 3.8) is 0 Å². The highest BCUT2D eigenvalue weighted by Gasteiger charge is 2.26. The number of rotatable bonds is 3. The van der Waals surface area contributed by atoms with Gasteiger partial charge in [0, 0.05) is 11.1 Å². The van der Waals surface area contributed by atoms with E-state index in [0.717, 1.165) is 5.69 Å². The molecule has 3 nitrogen and oxygen atoms in total. The Morgan fingerprint density at radius 2 is 2.22 bits per heavy atom. The molecular formula is C13H9FN2OS. The highest BCUT2D eigenvalue weighted by Crippen LogP contribution is 2.24.